The van der Waals surface area contributed by atoms with Crippen LogP contribution in [0.5, 0.6) is 0 Å². The molecular formula is C33H34F2N6O3S. The fraction of sp³-hybridized carbons (Fsp3) is 0.333. The Hall–Kier alpha value is -4.42. The standard InChI is InChI=1S/C33H34F2N6O3S/c1-4-41-16-15-39(2)29(32(41)43)19-9-11-21(12-10-19)36-30-33(44)40(3)18-24(37-30)22-13-14-23(34)28(27(22)35)38-31(42)26-17-20-7-5-6-8-25(20)45-26/h9-14,17-18,29H,4-8,15-16H2,1-3H3,(H,36,37)(H,38,42). The first kappa shape index (κ1) is 30.6. The Morgan fingerprint density at radius 3 is 2.53 bits per heavy atom. The summed E-state index contributed by atoms with van der Waals surface area (Å²) in [6.45, 7) is 4.05. The maximum Gasteiger partial charge on any atom is 0.293 e. The number of nitrogens with one attached hydrogen (secondary N) is 2. The van der Waals surface area contributed by atoms with E-state index in [4.69, 9.17) is 0 Å². The number of anilines is 3. The van der Waals surface area contributed by atoms with Gasteiger partial charge in [0.05, 0.1) is 10.6 Å². The van der Waals surface area contributed by atoms with Crippen molar-refractivity contribution in [2.24, 2.45) is 7.05 Å². The van der Waals surface area contributed by atoms with Gasteiger partial charge in [-0.1, -0.05) is 12.1 Å². The quantitative estimate of drug-likeness (QED) is 0.279. The lowest BCUT2D eigenvalue weighted by molar-refractivity contribution is -0.140. The minimum absolute atomic E-state index is 0.0431. The number of benzene rings is 2. The number of carbonyl (C=O) groups is 2. The molecular weight excluding hydrogens is 598 g/mol. The third-order valence-corrected chi connectivity index (χ3v) is 9.71. The van der Waals surface area contributed by atoms with Crippen LogP contribution in [0.3, 0.4) is 0 Å². The molecule has 12 heteroatoms. The zero-order chi connectivity index (χ0) is 31.8. The van der Waals surface area contributed by atoms with Crippen LogP contribution in [0.15, 0.2) is 53.5 Å². The van der Waals surface area contributed by atoms with E-state index in [1.807, 2.05) is 35.9 Å². The number of thiophene rings is 1. The molecule has 3 heterocycles. The molecule has 1 fully saturated rings. The van der Waals surface area contributed by atoms with E-state index in [1.165, 1.54) is 35.2 Å². The van der Waals surface area contributed by atoms with Gasteiger partial charge in [0.15, 0.2) is 11.6 Å². The monoisotopic (exact) mass is 632 g/mol. The second kappa shape index (κ2) is 12.5. The van der Waals surface area contributed by atoms with E-state index >= 15 is 4.39 Å². The van der Waals surface area contributed by atoms with Crippen molar-refractivity contribution in [1.29, 1.82) is 0 Å². The van der Waals surface area contributed by atoms with Crippen molar-refractivity contribution in [2.45, 2.75) is 38.6 Å². The van der Waals surface area contributed by atoms with Gasteiger partial charge >= 0.3 is 0 Å². The van der Waals surface area contributed by atoms with Crippen LogP contribution >= 0.6 is 11.3 Å². The van der Waals surface area contributed by atoms with Crippen molar-refractivity contribution in [3.05, 3.63) is 91.5 Å². The Morgan fingerprint density at radius 1 is 1.04 bits per heavy atom. The maximum atomic E-state index is 15.8. The van der Waals surface area contributed by atoms with Crippen LogP contribution in [-0.2, 0) is 24.7 Å². The Bertz CT molecular complexity index is 1810. The topological polar surface area (TPSA) is 99.6 Å². The number of halogens is 2. The van der Waals surface area contributed by atoms with Gasteiger partial charge in [-0.05, 0) is 81.1 Å². The molecule has 0 radical (unpaired) electrons. The van der Waals surface area contributed by atoms with E-state index < -0.39 is 34.8 Å². The molecule has 9 nitrogen and oxygen atoms in total. The second-order valence-electron chi connectivity index (χ2n) is 11.4. The average molecular weight is 633 g/mol. The number of fused-ring (bicyclic) bond motifs is 1. The van der Waals surface area contributed by atoms with Gasteiger partial charge in [0, 0.05) is 49.0 Å². The zero-order valence-electron chi connectivity index (χ0n) is 25.3. The number of amides is 2. The third kappa shape index (κ3) is 5.99. The van der Waals surface area contributed by atoms with Crippen molar-refractivity contribution in [2.75, 3.05) is 37.3 Å². The first-order valence-corrected chi connectivity index (χ1v) is 15.8. The maximum absolute atomic E-state index is 15.8. The predicted octanol–water partition coefficient (Wildman–Crippen LogP) is 5.50. The van der Waals surface area contributed by atoms with Crippen molar-refractivity contribution in [1.82, 2.24) is 19.4 Å². The molecule has 1 aliphatic carbocycles. The molecule has 1 saturated heterocycles. The van der Waals surface area contributed by atoms with Gasteiger partial charge < -0.3 is 20.1 Å². The lowest BCUT2D eigenvalue weighted by Gasteiger charge is -2.38. The summed E-state index contributed by atoms with van der Waals surface area (Å²) in [6.07, 6.45) is 5.27. The minimum atomic E-state index is -0.992. The molecule has 0 spiro atoms. The number of hydrogen-bond donors (Lipinski definition) is 2. The van der Waals surface area contributed by atoms with Gasteiger partial charge in [0.25, 0.3) is 11.5 Å². The van der Waals surface area contributed by atoms with Crippen LogP contribution in [0.2, 0.25) is 0 Å². The summed E-state index contributed by atoms with van der Waals surface area (Å²) in [7, 11) is 3.43. The van der Waals surface area contributed by atoms with E-state index in [9.17, 15) is 18.8 Å². The highest BCUT2D eigenvalue weighted by Gasteiger charge is 2.33. The highest BCUT2D eigenvalue weighted by Crippen LogP contribution is 2.33. The summed E-state index contributed by atoms with van der Waals surface area (Å²) >= 11 is 1.35. The number of aromatic nitrogens is 2. The van der Waals surface area contributed by atoms with Gasteiger partial charge in [0.1, 0.15) is 17.5 Å². The molecule has 1 atom stereocenters. The highest BCUT2D eigenvalue weighted by molar-refractivity contribution is 7.14. The van der Waals surface area contributed by atoms with Crippen LogP contribution < -0.4 is 16.2 Å². The van der Waals surface area contributed by atoms with E-state index in [2.05, 4.69) is 15.6 Å². The van der Waals surface area contributed by atoms with Gasteiger partial charge in [-0.2, -0.15) is 0 Å². The molecule has 2 amide bonds. The first-order chi connectivity index (χ1) is 21.6. The van der Waals surface area contributed by atoms with Gasteiger partial charge in [-0.25, -0.2) is 13.8 Å². The molecule has 4 aromatic rings. The highest BCUT2D eigenvalue weighted by atomic mass is 32.1. The molecule has 2 aromatic carbocycles. The number of likely N-dealkylation sites (N-methyl/N-ethyl adjacent to an activating group) is 2. The average Bonchev–Trinajstić information content (AvgIpc) is 3.47. The van der Waals surface area contributed by atoms with Crippen LogP contribution in [0, 0.1) is 11.6 Å². The number of rotatable bonds is 7. The molecule has 1 aliphatic heterocycles. The second-order valence-corrected chi connectivity index (χ2v) is 12.6. The summed E-state index contributed by atoms with van der Waals surface area (Å²) < 4.78 is 31.9. The number of nitrogens with zero attached hydrogens (tertiary/aromatic N) is 4. The Morgan fingerprint density at radius 2 is 1.80 bits per heavy atom. The van der Waals surface area contributed by atoms with Crippen LogP contribution in [0.25, 0.3) is 11.3 Å². The van der Waals surface area contributed by atoms with Crippen molar-refractivity contribution in [3.63, 3.8) is 0 Å². The molecule has 2 N–H and O–H groups in total. The lowest BCUT2D eigenvalue weighted by Crippen LogP contribution is -2.50. The van der Waals surface area contributed by atoms with E-state index in [0.717, 1.165) is 54.3 Å². The van der Waals surface area contributed by atoms with Crippen LogP contribution in [-0.4, -0.2) is 57.8 Å². The number of piperazine rings is 1. The molecule has 0 bridgehead atoms. The summed E-state index contributed by atoms with van der Waals surface area (Å²) in [6, 6.07) is 10.9. The normalized spacial score (nSPS) is 16.9. The van der Waals surface area contributed by atoms with Gasteiger partial charge in [-0.15, -0.1) is 11.3 Å². The Labute approximate surface area is 263 Å². The molecule has 2 aromatic heterocycles. The van der Waals surface area contributed by atoms with E-state index in [-0.39, 0.29) is 23.0 Å². The molecule has 45 heavy (non-hydrogen) atoms. The van der Waals surface area contributed by atoms with E-state index in [0.29, 0.717) is 23.7 Å². The SMILES string of the molecule is CCN1CCN(C)C(c2ccc(Nc3nc(-c4ccc(F)c(NC(=O)c5cc6c(s5)CCCC6)c4F)cn(C)c3=O)cc2)C1=O. The number of carbonyl (C=O) groups excluding carboxylic acids is 2. The number of hydrogen-bond acceptors (Lipinski definition) is 7. The Kier molecular flexibility index (Phi) is 8.52. The minimum Gasteiger partial charge on any atom is -0.340 e. The van der Waals surface area contributed by atoms with Gasteiger partial charge in [-0.3, -0.25) is 19.3 Å². The van der Waals surface area contributed by atoms with Crippen molar-refractivity contribution in [3.8, 4) is 11.3 Å². The smallest absolute Gasteiger partial charge is 0.293 e. The summed E-state index contributed by atoms with van der Waals surface area (Å²) in [5, 5.41) is 5.42. The van der Waals surface area contributed by atoms with Crippen LogP contribution in [0.1, 0.15) is 51.5 Å². The summed E-state index contributed by atoms with van der Waals surface area (Å²) in [5.74, 6) is -2.51. The van der Waals surface area contributed by atoms with Crippen LogP contribution in [0.4, 0.5) is 26.0 Å². The third-order valence-electron chi connectivity index (χ3n) is 8.48. The largest absolute Gasteiger partial charge is 0.340 e. The van der Waals surface area contributed by atoms with Gasteiger partial charge in [0.2, 0.25) is 5.91 Å². The molecule has 234 valence electrons. The molecule has 2 aliphatic rings. The molecule has 1 unspecified atom stereocenters. The Balaban J connectivity index is 1.25. The molecule has 0 saturated carbocycles. The van der Waals surface area contributed by atoms with E-state index in [1.54, 1.807) is 18.2 Å². The fourth-order valence-electron chi connectivity index (χ4n) is 5.94. The summed E-state index contributed by atoms with van der Waals surface area (Å²) in [4.78, 5) is 48.7. The number of aryl methyl sites for hydroxylation is 3. The fourth-order valence-corrected chi connectivity index (χ4v) is 7.08. The zero-order valence-corrected chi connectivity index (χ0v) is 26.1. The van der Waals surface area contributed by atoms with Crippen molar-refractivity contribution < 1.29 is 18.4 Å². The summed E-state index contributed by atoms with van der Waals surface area (Å²) in [5.41, 5.74) is 1.45. The van der Waals surface area contributed by atoms with Crippen molar-refractivity contribution >= 4 is 40.3 Å². The predicted molar refractivity (Wildman–Crippen MR) is 171 cm³/mol. The lowest BCUT2D eigenvalue weighted by atomic mass is 9.99. The molecule has 6 rings (SSSR count). The first-order valence-electron chi connectivity index (χ1n) is 15.0.